The SMILES string of the molecule is CC[C@@]1(O)C(=O)OCc2c1cc1n(c2=O)Cc2c-1nc1ccc(/C=C(\NC(C)=O)C(=O)OC)c3c1c2OCO3. The minimum atomic E-state index is -1.93. The predicted octanol–water partition coefficient (Wildman–Crippen LogP) is 1.46. The lowest BCUT2D eigenvalue weighted by molar-refractivity contribution is -0.172. The molecule has 12 nitrogen and oxygen atoms in total. The minimum Gasteiger partial charge on any atom is -0.464 e. The zero-order chi connectivity index (χ0) is 27.6. The summed E-state index contributed by atoms with van der Waals surface area (Å²) in [4.78, 5) is 54.6. The number of nitrogens with zero attached hydrogens (tertiary/aromatic N) is 2. The van der Waals surface area contributed by atoms with E-state index in [9.17, 15) is 24.3 Å². The Balaban J connectivity index is 1.56. The van der Waals surface area contributed by atoms with Crippen LogP contribution < -0.4 is 20.3 Å². The van der Waals surface area contributed by atoms with Gasteiger partial charge in [-0.05, 0) is 30.7 Å². The fourth-order valence-corrected chi connectivity index (χ4v) is 5.29. The lowest BCUT2D eigenvalue weighted by atomic mass is 9.86. The van der Waals surface area contributed by atoms with Crippen LogP contribution >= 0.6 is 0 Å². The Labute approximate surface area is 220 Å². The molecule has 0 fully saturated rings. The van der Waals surface area contributed by atoms with Crippen molar-refractivity contribution in [2.24, 2.45) is 0 Å². The molecule has 0 aliphatic carbocycles. The average Bonchev–Trinajstić information content (AvgIpc) is 3.30. The van der Waals surface area contributed by atoms with Gasteiger partial charge in [-0.2, -0.15) is 0 Å². The summed E-state index contributed by atoms with van der Waals surface area (Å²) in [6, 6.07) is 5.01. The molecule has 1 amide bonds. The summed E-state index contributed by atoms with van der Waals surface area (Å²) >= 11 is 0. The number of aromatic nitrogens is 2. The molecule has 0 unspecified atom stereocenters. The lowest BCUT2D eigenvalue weighted by Gasteiger charge is -2.31. The van der Waals surface area contributed by atoms with Gasteiger partial charge in [-0.15, -0.1) is 0 Å². The number of methoxy groups -OCH3 is 1. The highest BCUT2D eigenvalue weighted by Crippen LogP contribution is 2.47. The van der Waals surface area contributed by atoms with Gasteiger partial charge in [0.15, 0.2) is 5.60 Å². The molecule has 1 aromatic carbocycles. The first kappa shape index (κ1) is 24.6. The number of benzene rings is 1. The maximum absolute atomic E-state index is 13.5. The average molecular weight is 533 g/mol. The molecule has 1 atom stereocenters. The zero-order valence-electron chi connectivity index (χ0n) is 21.2. The summed E-state index contributed by atoms with van der Waals surface area (Å²) < 4.78 is 23.2. The second-order valence-electron chi connectivity index (χ2n) is 9.39. The van der Waals surface area contributed by atoms with Gasteiger partial charge in [0, 0.05) is 23.6 Å². The molecule has 0 saturated carbocycles. The van der Waals surface area contributed by atoms with E-state index >= 15 is 0 Å². The molecule has 2 N–H and O–H groups in total. The lowest BCUT2D eigenvalue weighted by Crippen LogP contribution is -2.44. The number of fused-ring (bicyclic) bond motifs is 5. The monoisotopic (exact) mass is 533 g/mol. The van der Waals surface area contributed by atoms with Gasteiger partial charge >= 0.3 is 11.9 Å². The van der Waals surface area contributed by atoms with Crippen molar-refractivity contribution in [3.8, 4) is 22.9 Å². The maximum atomic E-state index is 13.5. The Kier molecular flexibility index (Phi) is 5.47. The number of pyridine rings is 2. The molecule has 0 saturated heterocycles. The fourth-order valence-electron chi connectivity index (χ4n) is 5.29. The van der Waals surface area contributed by atoms with Crippen LogP contribution in [0.25, 0.3) is 28.4 Å². The Morgan fingerprint density at radius 2 is 1.97 bits per heavy atom. The molecule has 0 bridgehead atoms. The van der Waals surface area contributed by atoms with Crippen LogP contribution in [-0.2, 0) is 42.6 Å². The summed E-state index contributed by atoms with van der Waals surface area (Å²) in [6.07, 6.45) is 1.48. The van der Waals surface area contributed by atoms with Crippen LogP contribution in [0.4, 0.5) is 0 Å². The highest BCUT2D eigenvalue weighted by molar-refractivity contribution is 6.02. The van der Waals surface area contributed by atoms with Gasteiger partial charge in [0.2, 0.25) is 12.7 Å². The van der Waals surface area contributed by atoms with Crippen molar-refractivity contribution >= 4 is 34.8 Å². The van der Waals surface area contributed by atoms with Crippen LogP contribution in [0, 0.1) is 0 Å². The molecule has 5 heterocycles. The summed E-state index contributed by atoms with van der Waals surface area (Å²) in [6.45, 7) is 2.69. The molecule has 6 rings (SSSR count). The topological polar surface area (TPSA) is 155 Å². The van der Waals surface area contributed by atoms with Crippen molar-refractivity contribution in [2.45, 2.75) is 39.0 Å². The quantitative estimate of drug-likeness (QED) is 0.291. The smallest absolute Gasteiger partial charge is 0.354 e. The Morgan fingerprint density at radius 3 is 2.69 bits per heavy atom. The second-order valence-corrected chi connectivity index (χ2v) is 9.39. The molecule has 12 heteroatoms. The van der Waals surface area contributed by atoms with Crippen molar-refractivity contribution < 1.29 is 38.4 Å². The summed E-state index contributed by atoms with van der Waals surface area (Å²) in [5, 5.41) is 14.1. The largest absolute Gasteiger partial charge is 0.464 e. The number of ether oxygens (including phenoxy) is 4. The number of hydrogen-bond donors (Lipinski definition) is 2. The highest BCUT2D eigenvalue weighted by Gasteiger charge is 2.45. The number of rotatable bonds is 4. The first-order valence-electron chi connectivity index (χ1n) is 12.2. The van der Waals surface area contributed by atoms with Crippen molar-refractivity contribution in [3.05, 3.63) is 56.5 Å². The van der Waals surface area contributed by atoms with E-state index in [1.165, 1.54) is 24.7 Å². The Bertz CT molecular complexity index is 1720. The minimum absolute atomic E-state index is 0.0388. The Hall–Kier alpha value is -4.71. The number of nitrogens with one attached hydrogen (secondary N) is 1. The van der Waals surface area contributed by atoms with Gasteiger partial charge in [0.05, 0.1) is 41.5 Å². The Morgan fingerprint density at radius 1 is 1.21 bits per heavy atom. The van der Waals surface area contributed by atoms with Crippen molar-refractivity contribution in [1.29, 1.82) is 0 Å². The van der Waals surface area contributed by atoms with Gasteiger partial charge in [-0.1, -0.05) is 6.92 Å². The van der Waals surface area contributed by atoms with Gasteiger partial charge < -0.3 is 33.9 Å². The third-order valence-electron chi connectivity index (χ3n) is 7.21. The van der Waals surface area contributed by atoms with E-state index in [2.05, 4.69) is 5.32 Å². The van der Waals surface area contributed by atoms with Crippen LogP contribution in [0.3, 0.4) is 0 Å². The molecule has 3 aliphatic heterocycles. The van der Waals surface area contributed by atoms with E-state index in [0.717, 1.165) is 0 Å². The van der Waals surface area contributed by atoms with E-state index in [0.29, 0.717) is 44.9 Å². The van der Waals surface area contributed by atoms with E-state index in [1.807, 2.05) is 0 Å². The van der Waals surface area contributed by atoms with Crippen LogP contribution in [0.15, 0.2) is 28.7 Å². The van der Waals surface area contributed by atoms with E-state index in [4.69, 9.17) is 23.9 Å². The van der Waals surface area contributed by atoms with Crippen LogP contribution in [0.2, 0.25) is 0 Å². The van der Waals surface area contributed by atoms with Gasteiger partial charge in [-0.3, -0.25) is 9.59 Å². The molecular formula is C27H23N3O9. The predicted molar refractivity (Wildman–Crippen MR) is 134 cm³/mol. The number of cyclic esters (lactones) is 1. The zero-order valence-corrected chi connectivity index (χ0v) is 21.2. The fraction of sp³-hybridized carbons (Fsp3) is 0.296. The van der Waals surface area contributed by atoms with Gasteiger partial charge in [0.25, 0.3) is 5.56 Å². The first-order valence-corrected chi connectivity index (χ1v) is 12.2. The molecule has 2 aromatic heterocycles. The highest BCUT2D eigenvalue weighted by atomic mass is 16.7. The third-order valence-corrected chi connectivity index (χ3v) is 7.21. The van der Waals surface area contributed by atoms with Gasteiger partial charge in [0.1, 0.15) is 23.8 Å². The molecule has 0 spiro atoms. The maximum Gasteiger partial charge on any atom is 0.354 e. The van der Waals surface area contributed by atoms with Crippen molar-refractivity contribution in [2.75, 3.05) is 13.9 Å². The number of aliphatic hydroxyl groups is 1. The van der Waals surface area contributed by atoms with E-state index < -0.39 is 23.4 Å². The number of carbonyl (C=O) groups excluding carboxylic acids is 3. The number of hydrogen-bond acceptors (Lipinski definition) is 10. The van der Waals surface area contributed by atoms with Gasteiger partial charge in [-0.25, -0.2) is 14.6 Å². The van der Waals surface area contributed by atoms with E-state index in [1.54, 1.807) is 25.1 Å². The van der Waals surface area contributed by atoms with Crippen LogP contribution in [0.1, 0.15) is 42.5 Å². The third kappa shape index (κ3) is 3.52. The molecule has 39 heavy (non-hydrogen) atoms. The summed E-state index contributed by atoms with van der Waals surface area (Å²) in [5.41, 5.74) is 0.607. The standard InChI is InChI=1S/C27H23N3O9/c1-4-27(35)16-8-19-21-14(9-30(19)24(32)15(16)10-37-26(27)34)23-20-17(29-21)6-5-13(22(20)38-11-39-23)7-18(25(33)36-3)28-12(2)31/h5-8,35H,4,9-11H2,1-3H3,(H,28,31)/b18-7-/t27-/m0/s1. The van der Waals surface area contributed by atoms with Crippen LogP contribution in [-0.4, -0.2) is 46.4 Å². The molecular weight excluding hydrogens is 510 g/mol. The number of carbonyl (C=O) groups is 3. The normalized spacial score (nSPS) is 18.8. The molecule has 3 aliphatic rings. The first-order chi connectivity index (χ1) is 18.7. The van der Waals surface area contributed by atoms with Crippen molar-refractivity contribution in [1.82, 2.24) is 14.9 Å². The van der Waals surface area contributed by atoms with Crippen molar-refractivity contribution in [3.63, 3.8) is 0 Å². The number of amides is 1. The molecule has 0 radical (unpaired) electrons. The number of esters is 2. The molecule has 200 valence electrons. The van der Waals surface area contributed by atoms with E-state index in [-0.39, 0.29) is 48.7 Å². The summed E-state index contributed by atoms with van der Waals surface area (Å²) in [7, 11) is 1.21. The molecule has 3 aromatic rings. The van der Waals surface area contributed by atoms with Crippen LogP contribution in [0.5, 0.6) is 11.5 Å². The second kappa shape index (κ2) is 8.67. The summed E-state index contributed by atoms with van der Waals surface area (Å²) in [5.74, 6) is -1.12.